The van der Waals surface area contributed by atoms with Gasteiger partial charge in [-0.05, 0) is 56.4 Å². The van der Waals surface area contributed by atoms with Crippen LogP contribution in [-0.2, 0) is 4.79 Å². The molecule has 1 aromatic rings. The SMILES string of the molecule is [N-]=[N+]=NCCCNC(C(N)=O)c1cc(Br)c(Br)s1. The zero-order chi connectivity index (χ0) is 13.5. The molecule has 0 spiro atoms. The standard InChI is InChI=1S/C9H11Br2N5OS/c10-5-4-6(18-8(5)11)7(9(12)17)14-2-1-3-15-16-13/h4,7,14H,1-3H2,(H2,12,17). The lowest BCUT2D eigenvalue weighted by molar-refractivity contribution is -0.120. The van der Waals surface area contributed by atoms with Crippen LogP contribution in [0.4, 0.5) is 0 Å². The van der Waals surface area contributed by atoms with Crippen LogP contribution in [0.2, 0.25) is 0 Å². The fraction of sp³-hybridized carbons (Fsp3) is 0.444. The molecule has 0 radical (unpaired) electrons. The topological polar surface area (TPSA) is 104 Å². The Bertz CT molecular complexity index is 452. The van der Waals surface area contributed by atoms with Crippen molar-refractivity contribution in [2.45, 2.75) is 12.5 Å². The maximum Gasteiger partial charge on any atom is 0.239 e. The van der Waals surface area contributed by atoms with Crippen molar-refractivity contribution < 1.29 is 4.79 Å². The van der Waals surface area contributed by atoms with Gasteiger partial charge in [0, 0.05) is 20.8 Å². The molecule has 1 amide bonds. The van der Waals surface area contributed by atoms with Crippen LogP contribution in [0.25, 0.3) is 10.4 Å². The molecule has 0 aliphatic carbocycles. The van der Waals surface area contributed by atoms with Gasteiger partial charge in [-0.25, -0.2) is 0 Å². The van der Waals surface area contributed by atoms with E-state index in [0.29, 0.717) is 19.5 Å². The number of carbonyl (C=O) groups excluding carboxylic acids is 1. The Hall–Kier alpha value is -0.600. The van der Waals surface area contributed by atoms with Gasteiger partial charge in [0.05, 0.1) is 3.79 Å². The van der Waals surface area contributed by atoms with E-state index in [-0.39, 0.29) is 0 Å². The van der Waals surface area contributed by atoms with Crippen LogP contribution in [0.15, 0.2) is 19.4 Å². The largest absolute Gasteiger partial charge is 0.368 e. The van der Waals surface area contributed by atoms with E-state index in [1.54, 1.807) is 0 Å². The quantitative estimate of drug-likeness (QED) is 0.320. The van der Waals surface area contributed by atoms with Crippen molar-refractivity contribution in [1.82, 2.24) is 5.32 Å². The molecule has 98 valence electrons. The summed E-state index contributed by atoms with van der Waals surface area (Å²) in [5, 5.41) is 6.46. The third kappa shape index (κ3) is 4.58. The van der Waals surface area contributed by atoms with Gasteiger partial charge < -0.3 is 11.1 Å². The fourth-order valence-corrected chi connectivity index (χ4v) is 3.46. The smallest absolute Gasteiger partial charge is 0.239 e. The zero-order valence-corrected chi connectivity index (χ0v) is 13.3. The van der Waals surface area contributed by atoms with Crippen LogP contribution < -0.4 is 11.1 Å². The van der Waals surface area contributed by atoms with Crippen LogP contribution in [0.3, 0.4) is 0 Å². The van der Waals surface area contributed by atoms with Crippen molar-refractivity contribution in [2.24, 2.45) is 10.8 Å². The van der Waals surface area contributed by atoms with Crippen LogP contribution in [0.5, 0.6) is 0 Å². The highest BCUT2D eigenvalue weighted by Crippen LogP contribution is 2.35. The van der Waals surface area contributed by atoms with Crippen molar-refractivity contribution in [3.63, 3.8) is 0 Å². The zero-order valence-electron chi connectivity index (χ0n) is 9.27. The second-order valence-electron chi connectivity index (χ2n) is 3.37. The summed E-state index contributed by atoms with van der Waals surface area (Å²) in [5.74, 6) is -0.431. The van der Waals surface area contributed by atoms with Crippen molar-refractivity contribution in [1.29, 1.82) is 0 Å². The number of nitrogens with two attached hydrogens (primary N) is 1. The number of hydrogen-bond acceptors (Lipinski definition) is 4. The molecule has 0 bridgehead atoms. The molecular formula is C9H11Br2N5OS. The van der Waals surface area contributed by atoms with E-state index < -0.39 is 11.9 Å². The lowest BCUT2D eigenvalue weighted by Crippen LogP contribution is -2.33. The number of halogens is 2. The highest BCUT2D eigenvalue weighted by atomic mass is 79.9. The third-order valence-electron chi connectivity index (χ3n) is 2.08. The minimum atomic E-state index is -0.524. The van der Waals surface area contributed by atoms with Crippen molar-refractivity contribution in [3.05, 3.63) is 29.6 Å². The molecule has 0 aliphatic rings. The predicted molar refractivity (Wildman–Crippen MR) is 78.3 cm³/mol. The second-order valence-corrected chi connectivity index (χ2v) is 6.62. The molecule has 0 aliphatic heterocycles. The van der Waals surface area contributed by atoms with Crippen molar-refractivity contribution in [3.8, 4) is 0 Å². The number of nitrogens with zero attached hydrogens (tertiary/aromatic N) is 3. The molecule has 9 heteroatoms. The second kappa shape index (κ2) is 7.75. The summed E-state index contributed by atoms with van der Waals surface area (Å²) in [6, 6.07) is 1.33. The molecule has 6 nitrogen and oxygen atoms in total. The summed E-state index contributed by atoms with van der Waals surface area (Å²) in [6.45, 7) is 0.951. The molecular weight excluding hydrogens is 386 g/mol. The molecule has 1 rings (SSSR count). The average Bonchev–Trinajstić information content (AvgIpc) is 2.63. The monoisotopic (exact) mass is 395 g/mol. The Kier molecular flexibility index (Phi) is 6.66. The summed E-state index contributed by atoms with van der Waals surface area (Å²) in [6.07, 6.45) is 0.654. The lowest BCUT2D eigenvalue weighted by Gasteiger charge is -2.13. The van der Waals surface area contributed by atoms with Gasteiger partial charge >= 0.3 is 0 Å². The third-order valence-corrected chi connectivity index (χ3v) is 5.40. The number of carbonyl (C=O) groups is 1. The Labute approximate surface area is 125 Å². The highest BCUT2D eigenvalue weighted by Gasteiger charge is 2.20. The first-order chi connectivity index (χ1) is 8.56. The highest BCUT2D eigenvalue weighted by molar-refractivity contribution is 9.13. The maximum absolute atomic E-state index is 11.4. The summed E-state index contributed by atoms with van der Waals surface area (Å²) in [4.78, 5) is 14.9. The number of thiophene rings is 1. The maximum atomic E-state index is 11.4. The number of azide groups is 1. The Morgan fingerprint density at radius 2 is 2.39 bits per heavy atom. The van der Waals surface area contributed by atoms with E-state index in [9.17, 15) is 4.79 Å². The number of primary amides is 1. The lowest BCUT2D eigenvalue weighted by atomic mass is 10.2. The van der Waals surface area contributed by atoms with Gasteiger partial charge in [0.15, 0.2) is 0 Å². The van der Waals surface area contributed by atoms with E-state index in [1.165, 1.54) is 11.3 Å². The Morgan fingerprint density at radius 3 is 2.89 bits per heavy atom. The molecule has 1 heterocycles. The van der Waals surface area contributed by atoms with Gasteiger partial charge in [-0.3, -0.25) is 4.79 Å². The number of rotatable bonds is 7. The van der Waals surface area contributed by atoms with E-state index in [4.69, 9.17) is 11.3 Å². The summed E-state index contributed by atoms with van der Waals surface area (Å²) >= 11 is 8.18. The normalized spacial score (nSPS) is 11.9. The predicted octanol–water partition coefficient (Wildman–Crippen LogP) is 3.09. The molecule has 18 heavy (non-hydrogen) atoms. The molecule has 0 saturated carbocycles. The van der Waals surface area contributed by atoms with Gasteiger partial charge in [0.25, 0.3) is 0 Å². The van der Waals surface area contributed by atoms with Crippen molar-refractivity contribution >= 4 is 49.1 Å². The molecule has 1 atom stereocenters. The van der Waals surface area contributed by atoms with Crippen LogP contribution in [0.1, 0.15) is 17.3 Å². The Balaban J connectivity index is 2.60. The van der Waals surface area contributed by atoms with Gasteiger partial charge in [0.2, 0.25) is 5.91 Å². The average molecular weight is 397 g/mol. The minimum Gasteiger partial charge on any atom is -0.368 e. The summed E-state index contributed by atoms with van der Waals surface area (Å²) < 4.78 is 1.81. The molecule has 0 aromatic carbocycles. The van der Waals surface area contributed by atoms with Crippen LogP contribution in [-0.4, -0.2) is 19.0 Å². The molecule has 1 aromatic heterocycles. The molecule has 3 N–H and O–H groups in total. The summed E-state index contributed by atoms with van der Waals surface area (Å²) in [5.41, 5.74) is 13.5. The molecule has 1 unspecified atom stereocenters. The number of nitrogens with one attached hydrogen (secondary N) is 1. The first kappa shape index (κ1) is 15.5. The summed E-state index contributed by atoms with van der Waals surface area (Å²) in [7, 11) is 0. The fourth-order valence-electron chi connectivity index (χ4n) is 1.29. The first-order valence-electron chi connectivity index (χ1n) is 5.04. The molecule has 0 fully saturated rings. The van der Waals surface area contributed by atoms with Gasteiger partial charge in [0.1, 0.15) is 6.04 Å². The van der Waals surface area contributed by atoms with Crippen molar-refractivity contribution in [2.75, 3.05) is 13.1 Å². The number of amides is 1. The van der Waals surface area contributed by atoms with E-state index in [0.717, 1.165) is 13.1 Å². The van der Waals surface area contributed by atoms with Crippen LogP contribution in [0, 0.1) is 0 Å². The van der Waals surface area contributed by atoms with E-state index in [2.05, 4.69) is 47.2 Å². The first-order valence-corrected chi connectivity index (χ1v) is 7.44. The minimum absolute atomic E-state index is 0.396. The Morgan fingerprint density at radius 1 is 1.67 bits per heavy atom. The van der Waals surface area contributed by atoms with E-state index in [1.807, 2.05) is 6.07 Å². The van der Waals surface area contributed by atoms with E-state index >= 15 is 0 Å². The molecule has 0 saturated heterocycles. The van der Waals surface area contributed by atoms with Gasteiger partial charge in [-0.2, -0.15) is 0 Å². The number of hydrogen-bond donors (Lipinski definition) is 2. The van der Waals surface area contributed by atoms with Gasteiger partial charge in [-0.1, -0.05) is 5.11 Å². The van der Waals surface area contributed by atoms with Gasteiger partial charge in [-0.15, -0.1) is 11.3 Å². The van der Waals surface area contributed by atoms with Crippen LogP contribution >= 0.6 is 43.2 Å².